The first-order valence-electron chi connectivity index (χ1n) is 7.67. The number of hydrogen-bond acceptors (Lipinski definition) is 3. The minimum Gasteiger partial charge on any atom is -0.266 e. The smallest absolute Gasteiger partial charge is 0.266 e. The lowest BCUT2D eigenvalue weighted by atomic mass is 10.2. The molecule has 0 radical (unpaired) electrons. The van der Waals surface area contributed by atoms with E-state index in [-0.39, 0.29) is 5.91 Å². The van der Waals surface area contributed by atoms with Crippen molar-refractivity contribution in [1.29, 1.82) is 0 Å². The molecular weight excluding hydrogens is 304 g/mol. The van der Waals surface area contributed by atoms with Crippen molar-refractivity contribution in [1.82, 2.24) is 0 Å². The fraction of sp³-hybridized carbons (Fsp3) is 0.158. The molecule has 2 aromatic rings. The van der Waals surface area contributed by atoms with Crippen molar-refractivity contribution in [3.05, 3.63) is 71.9 Å². The van der Waals surface area contributed by atoms with E-state index >= 15 is 0 Å². The van der Waals surface area contributed by atoms with Gasteiger partial charge in [0.1, 0.15) is 5.70 Å². The molecule has 1 aliphatic heterocycles. The second-order valence-corrected chi connectivity index (χ2v) is 6.22. The van der Waals surface area contributed by atoms with E-state index in [9.17, 15) is 4.79 Å². The van der Waals surface area contributed by atoms with E-state index in [0.717, 1.165) is 28.6 Å². The largest absolute Gasteiger partial charge is 0.283 e. The van der Waals surface area contributed by atoms with Gasteiger partial charge in [0.15, 0.2) is 5.17 Å². The molecule has 0 aromatic heterocycles. The monoisotopic (exact) mass is 322 g/mol. The van der Waals surface area contributed by atoms with Gasteiger partial charge in [0.2, 0.25) is 0 Å². The van der Waals surface area contributed by atoms with Crippen LogP contribution in [0.4, 0.5) is 5.69 Å². The van der Waals surface area contributed by atoms with Crippen LogP contribution in [0.25, 0.3) is 6.08 Å². The van der Waals surface area contributed by atoms with Crippen LogP contribution in [0.15, 0.2) is 71.4 Å². The van der Waals surface area contributed by atoms with Crippen LogP contribution in [0.5, 0.6) is 0 Å². The van der Waals surface area contributed by atoms with Gasteiger partial charge in [-0.2, -0.15) is 0 Å². The maximum absolute atomic E-state index is 12.8. The second-order valence-electron chi connectivity index (χ2n) is 5.16. The molecule has 0 atom stereocenters. The number of nitrogens with zero attached hydrogens (tertiary/aromatic N) is 2. The molecule has 0 saturated carbocycles. The highest BCUT2D eigenvalue weighted by atomic mass is 32.2. The molecule has 0 N–H and O–H groups in total. The quantitative estimate of drug-likeness (QED) is 0.772. The number of rotatable bonds is 4. The van der Waals surface area contributed by atoms with Crippen molar-refractivity contribution in [3.8, 4) is 0 Å². The van der Waals surface area contributed by atoms with Gasteiger partial charge in [0, 0.05) is 5.75 Å². The van der Waals surface area contributed by atoms with Crippen molar-refractivity contribution >= 4 is 34.6 Å². The standard InChI is InChI=1S/C19H18N2OS/c1-2-13-23-19-20-17(14-15-9-5-3-6-10-15)18(22)21(19)16-11-7-4-8-12-16/h3-12,14H,2,13H2,1H3/b17-14-. The van der Waals surface area contributed by atoms with Crippen LogP contribution in [0.1, 0.15) is 18.9 Å². The average Bonchev–Trinajstić information content (AvgIpc) is 2.90. The van der Waals surface area contributed by atoms with Crippen molar-refractivity contribution in [2.24, 2.45) is 4.99 Å². The zero-order valence-electron chi connectivity index (χ0n) is 13.0. The summed E-state index contributed by atoms with van der Waals surface area (Å²) in [5.74, 6) is 0.868. The van der Waals surface area contributed by atoms with E-state index < -0.39 is 0 Å². The highest BCUT2D eigenvalue weighted by Crippen LogP contribution is 2.29. The summed E-state index contributed by atoms with van der Waals surface area (Å²) in [5, 5.41) is 0.755. The summed E-state index contributed by atoms with van der Waals surface area (Å²) in [4.78, 5) is 19.1. The van der Waals surface area contributed by atoms with Crippen molar-refractivity contribution in [2.75, 3.05) is 10.7 Å². The van der Waals surface area contributed by atoms with Gasteiger partial charge in [-0.15, -0.1) is 0 Å². The van der Waals surface area contributed by atoms with E-state index in [1.807, 2.05) is 66.7 Å². The first-order valence-corrected chi connectivity index (χ1v) is 8.66. The van der Waals surface area contributed by atoms with E-state index in [1.165, 1.54) is 0 Å². The molecule has 4 heteroatoms. The van der Waals surface area contributed by atoms with E-state index in [2.05, 4.69) is 11.9 Å². The molecule has 23 heavy (non-hydrogen) atoms. The predicted octanol–water partition coefficient (Wildman–Crippen LogP) is 4.57. The van der Waals surface area contributed by atoms with Crippen LogP contribution in [-0.4, -0.2) is 16.8 Å². The average molecular weight is 322 g/mol. The molecule has 0 saturated heterocycles. The Balaban J connectivity index is 1.96. The van der Waals surface area contributed by atoms with E-state index in [1.54, 1.807) is 16.7 Å². The van der Waals surface area contributed by atoms with Gasteiger partial charge >= 0.3 is 0 Å². The minimum absolute atomic E-state index is 0.0707. The third-order valence-electron chi connectivity index (χ3n) is 3.38. The normalized spacial score (nSPS) is 16.0. The SMILES string of the molecule is CCCSC1=N/C(=C\c2ccccc2)C(=O)N1c1ccccc1. The van der Waals surface area contributed by atoms with E-state index in [0.29, 0.717) is 5.70 Å². The van der Waals surface area contributed by atoms with Gasteiger partial charge in [-0.1, -0.05) is 67.2 Å². The van der Waals surface area contributed by atoms with Crippen LogP contribution >= 0.6 is 11.8 Å². The number of amides is 1. The first-order chi connectivity index (χ1) is 11.3. The lowest BCUT2D eigenvalue weighted by Crippen LogP contribution is -2.30. The molecule has 2 aromatic carbocycles. The Bertz CT molecular complexity index is 738. The van der Waals surface area contributed by atoms with Gasteiger partial charge in [-0.25, -0.2) is 4.99 Å². The number of para-hydroxylation sites is 1. The molecule has 0 aliphatic carbocycles. The third-order valence-corrected chi connectivity index (χ3v) is 4.53. The number of amidine groups is 1. The summed E-state index contributed by atoms with van der Waals surface area (Å²) in [6.45, 7) is 2.12. The van der Waals surface area contributed by atoms with Crippen LogP contribution < -0.4 is 4.90 Å². The molecule has 3 rings (SSSR count). The van der Waals surface area contributed by atoms with Gasteiger partial charge < -0.3 is 0 Å². The predicted molar refractivity (Wildman–Crippen MR) is 98.5 cm³/mol. The van der Waals surface area contributed by atoms with Crippen molar-refractivity contribution in [2.45, 2.75) is 13.3 Å². The second kappa shape index (κ2) is 7.29. The molecule has 0 fully saturated rings. The number of carbonyl (C=O) groups is 1. The minimum atomic E-state index is -0.0707. The first kappa shape index (κ1) is 15.6. The molecule has 3 nitrogen and oxygen atoms in total. The summed E-state index contributed by atoms with van der Waals surface area (Å²) in [6.07, 6.45) is 2.88. The Morgan fingerprint density at radius 2 is 1.70 bits per heavy atom. The fourth-order valence-corrected chi connectivity index (χ4v) is 3.17. The zero-order chi connectivity index (χ0) is 16.1. The molecule has 0 unspecified atom stereocenters. The number of hydrogen-bond donors (Lipinski definition) is 0. The lowest BCUT2D eigenvalue weighted by Gasteiger charge is -2.17. The van der Waals surface area contributed by atoms with Crippen molar-refractivity contribution in [3.63, 3.8) is 0 Å². The molecule has 0 bridgehead atoms. The number of anilines is 1. The van der Waals surface area contributed by atoms with Crippen LogP contribution in [-0.2, 0) is 4.79 Å². The number of carbonyl (C=O) groups excluding carboxylic acids is 1. The third kappa shape index (κ3) is 3.54. The summed E-state index contributed by atoms with van der Waals surface area (Å²) in [5.41, 5.74) is 2.32. The van der Waals surface area contributed by atoms with Gasteiger partial charge in [-0.05, 0) is 30.2 Å². The number of thioether (sulfide) groups is 1. The Kier molecular flexibility index (Phi) is 4.93. The van der Waals surface area contributed by atoms with Gasteiger partial charge in [0.05, 0.1) is 5.69 Å². The Labute approximate surface area is 140 Å². The zero-order valence-corrected chi connectivity index (χ0v) is 13.8. The van der Waals surface area contributed by atoms with Crippen LogP contribution in [0.2, 0.25) is 0 Å². The summed E-state index contributed by atoms with van der Waals surface area (Å²) in [6, 6.07) is 19.5. The van der Waals surface area contributed by atoms with Crippen molar-refractivity contribution < 1.29 is 4.79 Å². The Morgan fingerprint density at radius 1 is 1.04 bits per heavy atom. The molecule has 1 aliphatic rings. The van der Waals surface area contributed by atoms with E-state index in [4.69, 9.17) is 0 Å². The van der Waals surface area contributed by atoms with Crippen LogP contribution in [0.3, 0.4) is 0 Å². The summed E-state index contributed by atoms with van der Waals surface area (Å²) >= 11 is 1.62. The topological polar surface area (TPSA) is 32.7 Å². The van der Waals surface area contributed by atoms with Crippen LogP contribution in [0, 0.1) is 0 Å². The Morgan fingerprint density at radius 3 is 2.35 bits per heavy atom. The van der Waals surface area contributed by atoms with Gasteiger partial charge in [0.25, 0.3) is 5.91 Å². The summed E-state index contributed by atoms with van der Waals surface area (Å²) in [7, 11) is 0. The molecule has 1 heterocycles. The fourth-order valence-electron chi connectivity index (χ4n) is 2.30. The highest BCUT2D eigenvalue weighted by Gasteiger charge is 2.31. The maximum Gasteiger partial charge on any atom is 0.283 e. The number of aliphatic imine (C=N–C) groups is 1. The highest BCUT2D eigenvalue weighted by molar-refractivity contribution is 8.14. The molecule has 116 valence electrons. The molecule has 0 spiro atoms. The lowest BCUT2D eigenvalue weighted by molar-refractivity contribution is -0.113. The number of benzene rings is 2. The summed E-state index contributed by atoms with van der Waals surface area (Å²) < 4.78 is 0. The maximum atomic E-state index is 12.8. The van der Waals surface area contributed by atoms with Gasteiger partial charge in [-0.3, -0.25) is 9.69 Å². The molecule has 1 amide bonds. The molecular formula is C19H18N2OS. The Hall–Kier alpha value is -2.33.